The maximum absolute atomic E-state index is 6.04. The van der Waals surface area contributed by atoms with Gasteiger partial charge in [0.2, 0.25) is 0 Å². The van der Waals surface area contributed by atoms with Gasteiger partial charge in [-0.2, -0.15) is 0 Å². The average Bonchev–Trinajstić information content (AvgIpc) is 3.13. The van der Waals surface area contributed by atoms with Crippen molar-refractivity contribution < 1.29 is 4.74 Å². The zero-order valence-corrected chi connectivity index (χ0v) is 24.3. The molecular weight excluding hydrogens is 493 g/mol. The van der Waals surface area contributed by atoms with Crippen LogP contribution in [-0.4, -0.2) is 47.6 Å². The Morgan fingerprint density at radius 3 is 2.07 bits per heavy atom. The van der Waals surface area contributed by atoms with Gasteiger partial charge in [0.1, 0.15) is 0 Å². The summed E-state index contributed by atoms with van der Waals surface area (Å²) >= 11 is -2.58. The van der Waals surface area contributed by atoms with Gasteiger partial charge in [0.05, 0.1) is 0 Å². The van der Waals surface area contributed by atoms with Gasteiger partial charge in [0, 0.05) is 0 Å². The van der Waals surface area contributed by atoms with Crippen molar-refractivity contribution >= 4 is 41.2 Å². The van der Waals surface area contributed by atoms with Gasteiger partial charge in [0.25, 0.3) is 0 Å². The van der Waals surface area contributed by atoms with Gasteiger partial charge in [-0.25, -0.2) is 0 Å². The second kappa shape index (κ2) is 12.6. The minimum absolute atomic E-state index is 0.603. The summed E-state index contributed by atoms with van der Waals surface area (Å²) < 4.78 is 14.0. The predicted octanol–water partition coefficient (Wildman–Crippen LogP) is 6.80. The Morgan fingerprint density at radius 2 is 1.53 bits per heavy atom. The van der Waals surface area contributed by atoms with Crippen molar-refractivity contribution in [3.8, 4) is 0 Å². The third-order valence-electron chi connectivity index (χ3n) is 6.31. The van der Waals surface area contributed by atoms with Crippen LogP contribution in [-0.2, 0) is 11.5 Å². The Kier molecular flexibility index (Phi) is 10.8. The first-order chi connectivity index (χ1) is 14.4. The molecule has 0 aliphatic heterocycles. The number of hydrogen-bond donors (Lipinski definition) is 0. The Balaban J connectivity index is 2.33. The van der Waals surface area contributed by atoms with Crippen molar-refractivity contribution in [2.24, 2.45) is 0 Å². The molecule has 0 spiro atoms. The van der Waals surface area contributed by atoms with E-state index in [1.165, 1.54) is 67.0 Å². The quantitative estimate of drug-likeness (QED) is 0.185. The molecule has 0 saturated heterocycles. The molecule has 6 heteroatoms. The molecule has 4 nitrogen and oxygen atoms in total. The molecule has 0 N–H and O–H groups in total. The summed E-state index contributed by atoms with van der Waals surface area (Å²) in [6.07, 6.45) is 11.9. The Bertz CT molecular complexity index is 735. The molecule has 0 bridgehead atoms. The van der Waals surface area contributed by atoms with Gasteiger partial charge in [-0.15, -0.1) is 0 Å². The maximum atomic E-state index is 6.04. The second-order valence-electron chi connectivity index (χ2n) is 10.2. The SMILES string of the molecule is CCC[CH2][Sn]([CH2]CCC)([CH2]CCC)[c]1ncnc2c1ccn2COCC[Si](C)(C)C. The van der Waals surface area contributed by atoms with Crippen LogP contribution in [0, 0.1) is 0 Å². The molecule has 170 valence electrons. The summed E-state index contributed by atoms with van der Waals surface area (Å²) in [6.45, 7) is 15.6. The third kappa shape index (κ3) is 7.33. The summed E-state index contributed by atoms with van der Waals surface area (Å²) in [6, 6.07) is 3.49. The standard InChI is InChI=1S/C12H18N3OSi.3C4H9.Sn/c1-17(2,3)7-6-16-10-15-5-4-11-8-13-9-14-12(11)15;3*1-3-4-2;/h4-5,9H,6-7,10H2,1-3H3;3*1,3-4H2,2H3;. The van der Waals surface area contributed by atoms with E-state index in [4.69, 9.17) is 14.7 Å². The molecule has 2 aromatic rings. The summed E-state index contributed by atoms with van der Waals surface area (Å²) in [5.74, 6) is 0. The number of rotatable bonds is 15. The predicted molar refractivity (Wildman–Crippen MR) is 136 cm³/mol. The van der Waals surface area contributed by atoms with Crippen LogP contribution >= 0.6 is 0 Å². The number of unbranched alkanes of at least 4 members (excludes halogenated alkanes) is 3. The van der Waals surface area contributed by atoms with Gasteiger partial charge in [-0.1, -0.05) is 0 Å². The number of aromatic nitrogens is 3. The van der Waals surface area contributed by atoms with E-state index < -0.39 is 26.5 Å². The molecule has 0 atom stereocenters. The van der Waals surface area contributed by atoms with Crippen molar-refractivity contribution in [3.05, 3.63) is 18.6 Å². The van der Waals surface area contributed by atoms with Crippen LogP contribution in [0.25, 0.3) is 11.0 Å². The number of hydrogen-bond acceptors (Lipinski definition) is 3. The first-order valence-corrected chi connectivity index (χ1v) is 23.4. The summed E-state index contributed by atoms with van der Waals surface area (Å²) in [4.78, 5) is 9.71. The van der Waals surface area contributed by atoms with Crippen LogP contribution in [0.1, 0.15) is 59.3 Å². The average molecular weight is 538 g/mol. The molecule has 0 fully saturated rings. The van der Waals surface area contributed by atoms with Crippen LogP contribution in [0.5, 0.6) is 0 Å². The molecule has 0 saturated carbocycles. The van der Waals surface area contributed by atoms with Crippen LogP contribution in [0.15, 0.2) is 18.6 Å². The molecule has 2 rings (SSSR count). The van der Waals surface area contributed by atoms with E-state index in [-0.39, 0.29) is 0 Å². The number of fused-ring (bicyclic) bond motifs is 1. The topological polar surface area (TPSA) is 39.9 Å². The van der Waals surface area contributed by atoms with E-state index in [9.17, 15) is 0 Å². The number of ether oxygens (including phenoxy) is 1. The van der Waals surface area contributed by atoms with Gasteiger partial charge < -0.3 is 0 Å². The van der Waals surface area contributed by atoms with Gasteiger partial charge in [-0.05, 0) is 0 Å². The molecule has 0 unspecified atom stereocenters. The van der Waals surface area contributed by atoms with Crippen molar-refractivity contribution in [3.63, 3.8) is 0 Å². The van der Waals surface area contributed by atoms with Crippen LogP contribution in [0.2, 0.25) is 39.0 Å². The second-order valence-corrected chi connectivity index (χ2v) is 28.7. The van der Waals surface area contributed by atoms with Crippen molar-refractivity contribution in [1.82, 2.24) is 14.5 Å². The Labute approximate surface area is 190 Å². The first-order valence-electron chi connectivity index (χ1n) is 12.2. The van der Waals surface area contributed by atoms with Crippen molar-refractivity contribution in [2.75, 3.05) is 6.61 Å². The fourth-order valence-electron chi connectivity index (χ4n) is 4.35. The fraction of sp³-hybridized carbons (Fsp3) is 0.750. The van der Waals surface area contributed by atoms with E-state index >= 15 is 0 Å². The Hall–Kier alpha value is -0.404. The van der Waals surface area contributed by atoms with Crippen LogP contribution in [0.3, 0.4) is 0 Å². The minimum atomic E-state index is -2.58. The van der Waals surface area contributed by atoms with Crippen LogP contribution < -0.4 is 3.71 Å². The van der Waals surface area contributed by atoms with E-state index in [1.807, 2.05) is 6.33 Å². The van der Waals surface area contributed by atoms with Gasteiger partial charge in [-0.3, -0.25) is 0 Å². The fourth-order valence-corrected chi connectivity index (χ4v) is 21.2. The summed E-state index contributed by atoms with van der Waals surface area (Å²) in [7, 11) is -1.06. The molecule has 30 heavy (non-hydrogen) atoms. The third-order valence-corrected chi connectivity index (χ3v) is 23.2. The normalized spacial score (nSPS) is 12.7. The molecular formula is C24H45N3OSiSn. The van der Waals surface area contributed by atoms with E-state index in [0.717, 1.165) is 12.3 Å². The molecule has 2 heterocycles. The first kappa shape index (κ1) is 25.9. The summed E-state index contributed by atoms with van der Waals surface area (Å²) in [5.41, 5.74) is 1.08. The van der Waals surface area contributed by atoms with Gasteiger partial charge in [0.15, 0.2) is 0 Å². The molecule has 0 aromatic carbocycles. The van der Waals surface area contributed by atoms with Gasteiger partial charge >= 0.3 is 191 Å². The molecule has 0 amide bonds. The van der Waals surface area contributed by atoms with E-state index in [1.54, 1.807) is 0 Å². The zero-order valence-electron chi connectivity index (χ0n) is 20.5. The molecule has 2 aromatic heterocycles. The van der Waals surface area contributed by atoms with Crippen LogP contribution in [0.4, 0.5) is 0 Å². The summed E-state index contributed by atoms with van der Waals surface area (Å²) in [5, 5.41) is 1.32. The van der Waals surface area contributed by atoms with E-state index in [2.05, 4.69) is 57.2 Å². The van der Waals surface area contributed by atoms with Crippen molar-refractivity contribution in [1.29, 1.82) is 0 Å². The molecule has 0 aliphatic carbocycles. The van der Waals surface area contributed by atoms with Crippen molar-refractivity contribution in [2.45, 2.75) is 105 Å². The van der Waals surface area contributed by atoms with E-state index in [0.29, 0.717) is 6.73 Å². The zero-order chi connectivity index (χ0) is 22.0. The molecule has 0 radical (unpaired) electrons. The molecule has 0 aliphatic rings. The Morgan fingerprint density at radius 1 is 0.933 bits per heavy atom. The monoisotopic (exact) mass is 539 g/mol. The number of nitrogens with zero attached hydrogens (tertiary/aromatic N) is 3.